The zero-order valence-electron chi connectivity index (χ0n) is 9.99. The summed E-state index contributed by atoms with van der Waals surface area (Å²) in [5.41, 5.74) is -0.590. The number of hydrogen-bond acceptors (Lipinski definition) is 4. The van der Waals surface area contributed by atoms with Gasteiger partial charge >= 0.3 is 0 Å². The minimum atomic E-state index is -0.590. The highest BCUT2D eigenvalue weighted by Crippen LogP contribution is 2.18. The Morgan fingerprint density at radius 3 is 2.38 bits per heavy atom. The number of carbonyl (C=O) groups is 2. The molecule has 0 amide bonds. The molecule has 0 atom stereocenters. The molecule has 1 aliphatic heterocycles. The van der Waals surface area contributed by atoms with Gasteiger partial charge in [0, 0.05) is 5.41 Å². The van der Waals surface area contributed by atoms with Gasteiger partial charge in [0.05, 0.1) is 19.6 Å². The molecule has 1 aliphatic rings. The van der Waals surface area contributed by atoms with Gasteiger partial charge in [-0.1, -0.05) is 6.08 Å². The van der Waals surface area contributed by atoms with Crippen LogP contribution in [0.25, 0.3) is 0 Å². The second-order valence-electron chi connectivity index (χ2n) is 4.45. The molecule has 1 rings (SSSR count). The second-order valence-corrected chi connectivity index (χ2v) is 4.45. The van der Waals surface area contributed by atoms with Crippen LogP contribution >= 0.6 is 0 Å². The van der Waals surface area contributed by atoms with E-state index in [1.807, 2.05) is 0 Å². The number of ketones is 2. The van der Waals surface area contributed by atoms with E-state index in [0.29, 0.717) is 13.2 Å². The van der Waals surface area contributed by atoms with Crippen molar-refractivity contribution in [2.24, 2.45) is 5.41 Å². The number of carbonyl (C=O) groups excluding carboxylic acids is 2. The molecule has 0 unspecified atom stereocenters. The highest BCUT2D eigenvalue weighted by molar-refractivity contribution is 5.92. The van der Waals surface area contributed by atoms with Gasteiger partial charge < -0.3 is 9.47 Å². The van der Waals surface area contributed by atoms with E-state index < -0.39 is 11.7 Å². The van der Waals surface area contributed by atoms with E-state index in [4.69, 9.17) is 9.47 Å². The summed E-state index contributed by atoms with van der Waals surface area (Å²) in [6, 6.07) is 0. The third-order valence-corrected chi connectivity index (χ3v) is 2.65. The Labute approximate surface area is 95.6 Å². The van der Waals surface area contributed by atoms with Gasteiger partial charge in [0.2, 0.25) is 0 Å². The van der Waals surface area contributed by atoms with Crippen molar-refractivity contribution in [3.05, 3.63) is 12.2 Å². The van der Waals surface area contributed by atoms with Crippen LogP contribution in [0.2, 0.25) is 0 Å². The van der Waals surface area contributed by atoms with Gasteiger partial charge in [-0.2, -0.15) is 0 Å². The fourth-order valence-electron chi connectivity index (χ4n) is 1.18. The van der Waals surface area contributed by atoms with Crippen molar-refractivity contribution in [1.29, 1.82) is 0 Å². The molecule has 1 saturated heterocycles. The molecule has 0 radical (unpaired) electrons. The molecule has 0 N–H and O–H groups in total. The Morgan fingerprint density at radius 1 is 1.31 bits per heavy atom. The molecular weight excluding hydrogens is 208 g/mol. The smallest absolute Gasteiger partial charge is 0.165 e. The van der Waals surface area contributed by atoms with Crippen molar-refractivity contribution >= 4 is 11.6 Å². The predicted molar refractivity (Wildman–Crippen MR) is 58.9 cm³/mol. The van der Waals surface area contributed by atoms with E-state index in [2.05, 4.69) is 0 Å². The van der Waals surface area contributed by atoms with Crippen LogP contribution in [-0.4, -0.2) is 31.1 Å². The van der Waals surface area contributed by atoms with Crippen LogP contribution < -0.4 is 0 Å². The van der Waals surface area contributed by atoms with Gasteiger partial charge in [0.1, 0.15) is 5.78 Å². The quantitative estimate of drug-likeness (QED) is 0.666. The molecule has 0 aromatic heterocycles. The van der Waals surface area contributed by atoms with Gasteiger partial charge in [0.25, 0.3) is 0 Å². The molecule has 1 heterocycles. The Balaban J connectivity index is 2.44. The first kappa shape index (κ1) is 13.1. The van der Waals surface area contributed by atoms with Crippen LogP contribution in [0.1, 0.15) is 27.2 Å². The molecule has 90 valence electrons. The summed E-state index contributed by atoms with van der Waals surface area (Å²) in [6.45, 7) is 6.16. The largest absolute Gasteiger partial charge is 0.350 e. The topological polar surface area (TPSA) is 52.6 Å². The molecule has 0 spiro atoms. The van der Waals surface area contributed by atoms with Gasteiger partial charge in [-0.15, -0.1) is 0 Å². The summed E-state index contributed by atoms with van der Waals surface area (Å²) in [5, 5.41) is 0. The van der Waals surface area contributed by atoms with Gasteiger partial charge in [-0.25, -0.2) is 0 Å². The highest BCUT2D eigenvalue weighted by Gasteiger charge is 2.21. The molecule has 4 heteroatoms. The maximum atomic E-state index is 11.5. The molecule has 0 aliphatic carbocycles. The van der Waals surface area contributed by atoms with Crippen molar-refractivity contribution < 1.29 is 19.1 Å². The van der Waals surface area contributed by atoms with Gasteiger partial charge in [-0.3, -0.25) is 9.59 Å². The van der Waals surface area contributed by atoms with E-state index in [9.17, 15) is 9.59 Å². The van der Waals surface area contributed by atoms with Crippen LogP contribution in [0.5, 0.6) is 0 Å². The van der Waals surface area contributed by atoms with E-state index in [-0.39, 0.29) is 18.0 Å². The Kier molecular flexibility index (Phi) is 4.38. The van der Waals surface area contributed by atoms with Gasteiger partial charge in [0.15, 0.2) is 12.1 Å². The van der Waals surface area contributed by atoms with Crippen LogP contribution in [0.3, 0.4) is 0 Å². The average molecular weight is 226 g/mol. The van der Waals surface area contributed by atoms with E-state index in [1.165, 1.54) is 13.0 Å². The van der Waals surface area contributed by atoms with Gasteiger partial charge in [-0.05, 0) is 26.8 Å². The lowest BCUT2D eigenvalue weighted by molar-refractivity contribution is -0.122. The van der Waals surface area contributed by atoms with Crippen molar-refractivity contribution in [2.75, 3.05) is 13.2 Å². The number of hydrogen-bond donors (Lipinski definition) is 0. The molecule has 1 fully saturated rings. The molecule has 0 saturated carbocycles. The van der Waals surface area contributed by atoms with Crippen LogP contribution in [-0.2, 0) is 19.1 Å². The third-order valence-electron chi connectivity index (χ3n) is 2.65. The molecule has 16 heavy (non-hydrogen) atoms. The van der Waals surface area contributed by atoms with Crippen molar-refractivity contribution in [2.45, 2.75) is 33.5 Å². The monoisotopic (exact) mass is 226 g/mol. The standard InChI is InChI=1S/C12H18O4/c1-9(13)12(2,3)5-4-10(14)8-11-15-6-7-16-11/h4-5,11H,6-8H2,1-3H3. The average Bonchev–Trinajstić information content (AvgIpc) is 2.67. The summed E-state index contributed by atoms with van der Waals surface area (Å²) in [7, 11) is 0. The fraction of sp³-hybridized carbons (Fsp3) is 0.667. The highest BCUT2D eigenvalue weighted by atomic mass is 16.7. The molecule has 0 aromatic rings. The number of allylic oxidation sites excluding steroid dienone is 2. The number of Topliss-reactive ketones (excluding diaryl/α,β-unsaturated/α-hetero) is 1. The van der Waals surface area contributed by atoms with E-state index in [0.717, 1.165) is 0 Å². The Bertz CT molecular complexity index is 298. The summed E-state index contributed by atoms with van der Waals surface area (Å²) < 4.78 is 10.3. The summed E-state index contributed by atoms with van der Waals surface area (Å²) in [4.78, 5) is 22.7. The van der Waals surface area contributed by atoms with Crippen molar-refractivity contribution in [3.63, 3.8) is 0 Å². The lowest BCUT2D eigenvalue weighted by Gasteiger charge is -2.15. The molecular formula is C12H18O4. The van der Waals surface area contributed by atoms with Crippen LogP contribution in [0.4, 0.5) is 0 Å². The Hall–Kier alpha value is -1.00. The zero-order valence-corrected chi connectivity index (χ0v) is 9.99. The summed E-state index contributed by atoms with van der Waals surface area (Å²) in [6.07, 6.45) is 2.86. The number of ether oxygens (including phenoxy) is 2. The molecule has 0 bridgehead atoms. The first-order valence-electron chi connectivity index (χ1n) is 5.38. The first-order valence-corrected chi connectivity index (χ1v) is 5.38. The molecule has 0 aromatic carbocycles. The maximum absolute atomic E-state index is 11.5. The maximum Gasteiger partial charge on any atom is 0.165 e. The van der Waals surface area contributed by atoms with Crippen molar-refractivity contribution in [3.8, 4) is 0 Å². The molecule has 4 nitrogen and oxygen atoms in total. The minimum absolute atomic E-state index is 0.0323. The van der Waals surface area contributed by atoms with Crippen LogP contribution in [0.15, 0.2) is 12.2 Å². The predicted octanol–water partition coefficient (Wildman–Crippen LogP) is 1.49. The van der Waals surface area contributed by atoms with E-state index >= 15 is 0 Å². The minimum Gasteiger partial charge on any atom is -0.350 e. The zero-order chi connectivity index (χ0) is 12.2. The SMILES string of the molecule is CC(=O)C(C)(C)C=CC(=O)CC1OCCO1. The third kappa shape index (κ3) is 3.87. The normalized spacial score (nSPS) is 18.2. The lowest BCUT2D eigenvalue weighted by Crippen LogP contribution is -2.19. The Morgan fingerprint density at radius 2 is 1.88 bits per heavy atom. The summed E-state index contributed by atoms with van der Waals surface area (Å²) in [5.74, 6) is -0.0499. The van der Waals surface area contributed by atoms with E-state index in [1.54, 1.807) is 19.9 Å². The number of rotatable bonds is 5. The first-order chi connectivity index (χ1) is 7.42. The lowest BCUT2D eigenvalue weighted by atomic mass is 9.88. The summed E-state index contributed by atoms with van der Waals surface area (Å²) >= 11 is 0. The van der Waals surface area contributed by atoms with Crippen molar-refractivity contribution in [1.82, 2.24) is 0 Å². The second kappa shape index (κ2) is 5.37. The van der Waals surface area contributed by atoms with Crippen LogP contribution in [0, 0.1) is 5.41 Å². The fourth-order valence-corrected chi connectivity index (χ4v) is 1.18.